The minimum atomic E-state index is -0.504. The molecule has 22 heavy (non-hydrogen) atoms. The van der Waals surface area contributed by atoms with Crippen molar-refractivity contribution in [2.24, 2.45) is 17.8 Å². The predicted molar refractivity (Wildman–Crippen MR) is 85.2 cm³/mol. The molecule has 1 saturated carbocycles. The van der Waals surface area contributed by atoms with E-state index in [4.69, 9.17) is 14.2 Å². The van der Waals surface area contributed by atoms with E-state index in [-0.39, 0.29) is 23.7 Å². The molecule has 1 unspecified atom stereocenters. The van der Waals surface area contributed by atoms with Crippen LogP contribution >= 0.6 is 0 Å². The van der Waals surface area contributed by atoms with Crippen LogP contribution in [0.15, 0.2) is 24.8 Å². The van der Waals surface area contributed by atoms with Gasteiger partial charge in [0.25, 0.3) is 0 Å². The number of hydrogen-bond donors (Lipinski definition) is 0. The van der Waals surface area contributed by atoms with Gasteiger partial charge >= 0.3 is 5.97 Å². The first-order chi connectivity index (χ1) is 10.7. The SMILES string of the molecule is C=CCC(C(=O)OC)[C@H]1CCC2(OCCO2)[C@@H]1C/C=C\CC. The maximum atomic E-state index is 12.2. The van der Waals surface area contributed by atoms with Crippen molar-refractivity contribution in [3.8, 4) is 0 Å². The Morgan fingerprint density at radius 2 is 2.14 bits per heavy atom. The van der Waals surface area contributed by atoms with E-state index in [1.807, 2.05) is 6.08 Å². The van der Waals surface area contributed by atoms with Gasteiger partial charge in [0.05, 0.1) is 26.2 Å². The molecule has 0 aromatic carbocycles. The van der Waals surface area contributed by atoms with Gasteiger partial charge in [-0.1, -0.05) is 25.2 Å². The molecular formula is C18H28O4. The van der Waals surface area contributed by atoms with Crippen LogP contribution in [0, 0.1) is 17.8 Å². The molecule has 4 nitrogen and oxygen atoms in total. The number of rotatable bonds is 7. The first-order valence-corrected chi connectivity index (χ1v) is 8.30. The predicted octanol–water partition coefficient (Wildman–Crippen LogP) is 3.48. The van der Waals surface area contributed by atoms with Crippen LogP contribution in [0.1, 0.15) is 39.0 Å². The van der Waals surface area contributed by atoms with Gasteiger partial charge in [-0.15, -0.1) is 6.58 Å². The number of methoxy groups -OCH3 is 1. The van der Waals surface area contributed by atoms with Gasteiger partial charge in [-0.3, -0.25) is 4.79 Å². The zero-order valence-electron chi connectivity index (χ0n) is 13.8. The van der Waals surface area contributed by atoms with Crippen molar-refractivity contribution in [2.75, 3.05) is 20.3 Å². The first-order valence-electron chi connectivity index (χ1n) is 8.30. The lowest BCUT2D eigenvalue weighted by molar-refractivity contribution is -0.188. The standard InChI is InChI=1S/C18H28O4/c1-4-6-7-9-16-14(15(8-5-2)17(19)20-3)10-11-18(16)21-12-13-22-18/h5-7,14-16H,2,4,8-13H2,1,3H3/b7-6-/t14-,15?,16-/m1/s1. The Balaban J connectivity index is 2.21. The summed E-state index contributed by atoms with van der Waals surface area (Å²) in [6.45, 7) is 7.20. The van der Waals surface area contributed by atoms with Gasteiger partial charge in [0, 0.05) is 12.3 Å². The van der Waals surface area contributed by atoms with Crippen LogP contribution in [0.4, 0.5) is 0 Å². The average Bonchev–Trinajstić information content (AvgIpc) is 3.14. The van der Waals surface area contributed by atoms with Crippen molar-refractivity contribution >= 4 is 5.97 Å². The summed E-state index contributed by atoms with van der Waals surface area (Å²) in [5, 5.41) is 0. The highest BCUT2D eigenvalue weighted by Gasteiger charge is 2.54. The number of carbonyl (C=O) groups is 1. The lowest BCUT2D eigenvalue weighted by atomic mass is 9.79. The third-order valence-electron chi connectivity index (χ3n) is 4.92. The van der Waals surface area contributed by atoms with Crippen molar-refractivity contribution in [1.82, 2.24) is 0 Å². The second kappa shape index (κ2) is 7.93. The lowest BCUT2D eigenvalue weighted by Gasteiger charge is -2.33. The molecule has 1 spiro atoms. The molecule has 1 saturated heterocycles. The molecule has 2 fully saturated rings. The van der Waals surface area contributed by atoms with Gasteiger partial charge in [-0.05, 0) is 31.6 Å². The topological polar surface area (TPSA) is 44.8 Å². The van der Waals surface area contributed by atoms with E-state index in [0.29, 0.717) is 19.6 Å². The molecule has 0 N–H and O–H groups in total. The van der Waals surface area contributed by atoms with Crippen molar-refractivity contribution in [2.45, 2.75) is 44.8 Å². The van der Waals surface area contributed by atoms with Gasteiger partial charge in [-0.2, -0.15) is 0 Å². The summed E-state index contributed by atoms with van der Waals surface area (Å²) < 4.78 is 17.0. The number of allylic oxidation sites excluding steroid dienone is 3. The van der Waals surface area contributed by atoms with E-state index in [1.165, 1.54) is 7.11 Å². The van der Waals surface area contributed by atoms with Gasteiger partial charge in [-0.25, -0.2) is 0 Å². The Bertz CT molecular complexity index is 409. The van der Waals surface area contributed by atoms with Gasteiger partial charge in [0.15, 0.2) is 5.79 Å². The Morgan fingerprint density at radius 1 is 1.41 bits per heavy atom. The van der Waals surface area contributed by atoms with E-state index in [2.05, 4.69) is 25.7 Å². The molecule has 4 heteroatoms. The molecule has 3 atom stereocenters. The fraction of sp³-hybridized carbons (Fsp3) is 0.722. The van der Waals surface area contributed by atoms with Crippen LogP contribution in [0.25, 0.3) is 0 Å². The van der Waals surface area contributed by atoms with Crippen LogP contribution < -0.4 is 0 Å². The zero-order chi connectivity index (χ0) is 16.0. The minimum Gasteiger partial charge on any atom is -0.469 e. The summed E-state index contributed by atoms with van der Waals surface area (Å²) >= 11 is 0. The van der Waals surface area contributed by atoms with Gasteiger partial charge < -0.3 is 14.2 Å². The number of carbonyl (C=O) groups excluding carboxylic acids is 1. The van der Waals surface area contributed by atoms with E-state index in [1.54, 1.807) is 0 Å². The first kappa shape index (κ1) is 17.2. The van der Waals surface area contributed by atoms with Crippen LogP contribution in [0.3, 0.4) is 0 Å². The summed E-state index contributed by atoms with van der Waals surface area (Å²) in [7, 11) is 1.46. The zero-order valence-corrected chi connectivity index (χ0v) is 13.8. The van der Waals surface area contributed by atoms with Crippen LogP contribution in [-0.4, -0.2) is 32.1 Å². The number of ether oxygens (including phenoxy) is 3. The molecule has 1 aliphatic carbocycles. The minimum absolute atomic E-state index is 0.149. The van der Waals surface area contributed by atoms with Crippen molar-refractivity contribution in [3.63, 3.8) is 0 Å². The Hall–Kier alpha value is -1.13. The van der Waals surface area contributed by atoms with Crippen LogP contribution in [0.2, 0.25) is 0 Å². The van der Waals surface area contributed by atoms with Crippen molar-refractivity contribution in [1.29, 1.82) is 0 Å². The van der Waals surface area contributed by atoms with Crippen molar-refractivity contribution < 1.29 is 19.0 Å². The fourth-order valence-electron chi connectivity index (χ4n) is 3.93. The molecule has 0 amide bonds. The fourth-order valence-corrected chi connectivity index (χ4v) is 3.93. The highest BCUT2D eigenvalue weighted by atomic mass is 16.7. The van der Waals surface area contributed by atoms with E-state index < -0.39 is 5.79 Å². The van der Waals surface area contributed by atoms with E-state index in [0.717, 1.165) is 25.7 Å². The molecule has 0 radical (unpaired) electrons. The second-order valence-corrected chi connectivity index (χ2v) is 6.09. The highest BCUT2D eigenvalue weighted by molar-refractivity contribution is 5.73. The molecule has 1 aliphatic heterocycles. The summed E-state index contributed by atoms with van der Waals surface area (Å²) in [6, 6.07) is 0. The van der Waals surface area contributed by atoms with Gasteiger partial charge in [0.2, 0.25) is 0 Å². The molecule has 2 aliphatic rings. The number of esters is 1. The number of hydrogen-bond acceptors (Lipinski definition) is 4. The second-order valence-electron chi connectivity index (χ2n) is 6.09. The maximum absolute atomic E-state index is 12.2. The third-order valence-corrected chi connectivity index (χ3v) is 4.92. The average molecular weight is 308 g/mol. The highest BCUT2D eigenvalue weighted by Crippen LogP contribution is 2.51. The third kappa shape index (κ3) is 3.44. The molecule has 0 bridgehead atoms. The van der Waals surface area contributed by atoms with Crippen molar-refractivity contribution in [3.05, 3.63) is 24.8 Å². The Morgan fingerprint density at radius 3 is 2.73 bits per heavy atom. The molecule has 0 aromatic heterocycles. The smallest absolute Gasteiger partial charge is 0.309 e. The maximum Gasteiger partial charge on any atom is 0.309 e. The van der Waals surface area contributed by atoms with Crippen LogP contribution in [-0.2, 0) is 19.0 Å². The van der Waals surface area contributed by atoms with Crippen LogP contribution in [0.5, 0.6) is 0 Å². The molecule has 1 heterocycles. The summed E-state index contributed by atoms with van der Waals surface area (Å²) in [5.41, 5.74) is 0. The monoisotopic (exact) mass is 308 g/mol. The summed E-state index contributed by atoms with van der Waals surface area (Å²) in [4.78, 5) is 12.2. The molecule has 124 valence electrons. The quantitative estimate of drug-likeness (QED) is 0.533. The largest absolute Gasteiger partial charge is 0.469 e. The van der Waals surface area contributed by atoms with E-state index in [9.17, 15) is 4.79 Å². The Kier molecular flexibility index (Phi) is 6.21. The summed E-state index contributed by atoms with van der Waals surface area (Å²) in [5.74, 6) is -0.401. The normalized spacial score (nSPS) is 28.3. The van der Waals surface area contributed by atoms with E-state index >= 15 is 0 Å². The molecule has 2 rings (SSSR count). The Labute approximate surface area is 133 Å². The van der Waals surface area contributed by atoms with Gasteiger partial charge in [0.1, 0.15) is 0 Å². The molecule has 0 aromatic rings. The summed E-state index contributed by atoms with van der Waals surface area (Å²) in [6.07, 6.45) is 10.5. The lowest BCUT2D eigenvalue weighted by Crippen LogP contribution is -2.39. The molecular weight excluding hydrogens is 280 g/mol.